The van der Waals surface area contributed by atoms with E-state index in [1.54, 1.807) is 13.8 Å². The molecule has 0 aliphatic rings. The molecule has 0 spiro atoms. The summed E-state index contributed by atoms with van der Waals surface area (Å²) in [5.41, 5.74) is 1.68. The maximum Gasteiger partial charge on any atom is 0.452 e. The van der Waals surface area contributed by atoms with Gasteiger partial charge in [-0.3, -0.25) is 0 Å². The van der Waals surface area contributed by atoms with Gasteiger partial charge in [0.1, 0.15) is 0 Å². The fraction of sp³-hybridized carbons (Fsp3) is 0.500. The lowest BCUT2D eigenvalue weighted by Crippen LogP contribution is -1.95. The highest BCUT2D eigenvalue weighted by Gasteiger charge is 1.94. The Morgan fingerprint density at radius 1 is 1.64 bits per heavy atom. The summed E-state index contributed by atoms with van der Waals surface area (Å²) in [6.45, 7) is 3.61. The van der Waals surface area contributed by atoms with Gasteiger partial charge in [-0.1, -0.05) is 16.7 Å². The van der Waals surface area contributed by atoms with Gasteiger partial charge < -0.3 is 4.74 Å². The predicted octanol–water partition coefficient (Wildman–Crippen LogP) is 2.70. The first kappa shape index (κ1) is 10.1. The third kappa shape index (κ3) is 5.54. The van der Waals surface area contributed by atoms with Crippen LogP contribution in [0.1, 0.15) is 13.8 Å². The number of carbonyl (C=O) groups is 1. The van der Waals surface area contributed by atoms with Gasteiger partial charge in [0.15, 0.2) is 0 Å². The van der Waals surface area contributed by atoms with Crippen LogP contribution in [0.25, 0.3) is 0 Å². The second-order valence-corrected chi connectivity index (χ2v) is 1.87. The SMILES string of the molecule is CCOC(=O)N=NC(C)=CCl. The third-order valence-corrected chi connectivity index (χ3v) is 1.03. The quantitative estimate of drug-likeness (QED) is 0.608. The lowest BCUT2D eigenvalue weighted by atomic mass is 10.6. The van der Waals surface area contributed by atoms with Crippen LogP contribution in [-0.4, -0.2) is 12.7 Å². The summed E-state index contributed by atoms with van der Waals surface area (Å²) < 4.78 is 4.47. The van der Waals surface area contributed by atoms with Crippen molar-refractivity contribution in [2.24, 2.45) is 10.2 Å². The first-order valence-corrected chi connectivity index (χ1v) is 3.49. The van der Waals surface area contributed by atoms with Crippen molar-refractivity contribution in [3.05, 3.63) is 11.2 Å². The molecule has 0 aromatic carbocycles. The van der Waals surface area contributed by atoms with Crippen LogP contribution in [0.4, 0.5) is 4.79 Å². The van der Waals surface area contributed by atoms with Gasteiger partial charge in [0.25, 0.3) is 0 Å². The van der Waals surface area contributed by atoms with Gasteiger partial charge in [0, 0.05) is 5.54 Å². The Balaban J connectivity index is 3.83. The fourth-order valence-corrected chi connectivity index (χ4v) is 0.338. The summed E-state index contributed by atoms with van der Waals surface area (Å²) in [4.78, 5) is 10.5. The van der Waals surface area contributed by atoms with Crippen LogP contribution in [0.5, 0.6) is 0 Å². The molecule has 1 amide bonds. The lowest BCUT2D eigenvalue weighted by molar-refractivity contribution is 0.161. The second kappa shape index (κ2) is 5.85. The molecule has 0 aliphatic heterocycles. The molecule has 0 radical (unpaired) electrons. The van der Waals surface area contributed by atoms with Crippen molar-refractivity contribution in [2.45, 2.75) is 13.8 Å². The van der Waals surface area contributed by atoms with Crippen LogP contribution >= 0.6 is 11.6 Å². The molecule has 0 saturated heterocycles. The lowest BCUT2D eigenvalue weighted by Gasteiger charge is -1.91. The molecule has 0 atom stereocenters. The minimum absolute atomic E-state index is 0.293. The summed E-state index contributed by atoms with van der Waals surface area (Å²) in [6.07, 6.45) is -0.703. The number of rotatable bonds is 2. The Morgan fingerprint density at radius 3 is 2.73 bits per heavy atom. The summed E-state index contributed by atoms with van der Waals surface area (Å²) in [5.74, 6) is 0. The van der Waals surface area contributed by atoms with Crippen LogP contribution in [0.2, 0.25) is 0 Å². The zero-order valence-electron chi connectivity index (χ0n) is 6.37. The molecule has 0 aromatic heterocycles. The summed E-state index contributed by atoms with van der Waals surface area (Å²) in [7, 11) is 0. The number of hydrogen-bond donors (Lipinski definition) is 0. The Morgan fingerprint density at radius 2 is 2.27 bits per heavy atom. The molecular weight excluding hydrogens is 168 g/mol. The van der Waals surface area contributed by atoms with E-state index in [1.165, 1.54) is 5.54 Å². The van der Waals surface area contributed by atoms with Crippen molar-refractivity contribution in [1.82, 2.24) is 0 Å². The van der Waals surface area contributed by atoms with Gasteiger partial charge in [0.2, 0.25) is 0 Å². The molecule has 0 heterocycles. The molecule has 0 saturated carbocycles. The second-order valence-electron chi connectivity index (χ2n) is 1.65. The molecule has 62 valence electrons. The van der Waals surface area contributed by atoms with Gasteiger partial charge in [-0.2, -0.15) is 0 Å². The normalized spacial score (nSPS) is 12.1. The van der Waals surface area contributed by atoms with Crippen LogP contribution in [-0.2, 0) is 4.74 Å². The Hall–Kier alpha value is -0.900. The molecule has 0 bridgehead atoms. The zero-order valence-corrected chi connectivity index (χ0v) is 7.13. The summed E-state index contributed by atoms with van der Waals surface area (Å²) >= 11 is 5.24. The highest BCUT2D eigenvalue weighted by Crippen LogP contribution is 1.98. The topological polar surface area (TPSA) is 51.0 Å². The number of ether oxygens (including phenoxy) is 1. The zero-order chi connectivity index (χ0) is 8.69. The molecule has 0 rings (SSSR count). The molecule has 4 nitrogen and oxygen atoms in total. The van der Waals surface area contributed by atoms with E-state index in [1.807, 2.05) is 0 Å². The van der Waals surface area contributed by atoms with Crippen molar-refractivity contribution in [3.63, 3.8) is 0 Å². The minimum atomic E-state index is -0.703. The number of allylic oxidation sites excluding steroid dienone is 1. The first-order chi connectivity index (χ1) is 5.20. The third-order valence-electron chi connectivity index (χ3n) is 0.715. The maximum absolute atomic E-state index is 10.5. The minimum Gasteiger partial charge on any atom is -0.447 e. The Kier molecular flexibility index (Phi) is 5.37. The van der Waals surface area contributed by atoms with E-state index >= 15 is 0 Å². The van der Waals surface area contributed by atoms with Crippen molar-refractivity contribution in [2.75, 3.05) is 6.61 Å². The van der Waals surface area contributed by atoms with Crippen LogP contribution in [0.15, 0.2) is 21.5 Å². The highest BCUT2D eigenvalue weighted by molar-refractivity contribution is 6.25. The predicted molar refractivity (Wildman–Crippen MR) is 41.5 cm³/mol. The molecular formula is C6H9ClN2O2. The molecule has 11 heavy (non-hydrogen) atoms. The number of nitrogens with zero attached hydrogens (tertiary/aromatic N) is 2. The van der Waals surface area contributed by atoms with Gasteiger partial charge in [-0.25, -0.2) is 4.79 Å². The van der Waals surface area contributed by atoms with E-state index < -0.39 is 6.09 Å². The van der Waals surface area contributed by atoms with E-state index in [0.717, 1.165) is 0 Å². The first-order valence-electron chi connectivity index (χ1n) is 3.06. The Bertz CT molecular complexity index is 189. The summed E-state index contributed by atoms with van der Waals surface area (Å²) in [5, 5.41) is 6.64. The maximum atomic E-state index is 10.5. The number of halogens is 1. The average molecular weight is 177 g/mol. The molecule has 0 fully saturated rings. The van der Waals surface area contributed by atoms with Crippen LogP contribution < -0.4 is 0 Å². The Labute approximate surface area is 69.9 Å². The van der Waals surface area contributed by atoms with E-state index in [9.17, 15) is 4.79 Å². The largest absolute Gasteiger partial charge is 0.452 e. The van der Waals surface area contributed by atoms with Gasteiger partial charge in [0.05, 0.1) is 12.3 Å². The van der Waals surface area contributed by atoms with Crippen LogP contribution in [0, 0.1) is 0 Å². The number of azo groups is 1. The van der Waals surface area contributed by atoms with E-state index in [-0.39, 0.29) is 0 Å². The molecule has 0 aromatic rings. The van der Waals surface area contributed by atoms with E-state index in [2.05, 4.69) is 15.0 Å². The molecule has 0 aliphatic carbocycles. The molecule has 0 unspecified atom stereocenters. The number of carbonyl (C=O) groups excluding carboxylic acids is 1. The van der Waals surface area contributed by atoms with E-state index in [4.69, 9.17) is 11.6 Å². The fourth-order valence-electron chi connectivity index (χ4n) is 0.294. The van der Waals surface area contributed by atoms with Crippen molar-refractivity contribution >= 4 is 17.7 Å². The van der Waals surface area contributed by atoms with Crippen LogP contribution in [0.3, 0.4) is 0 Å². The molecule has 5 heteroatoms. The van der Waals surface area contributed by atoms with Crippen molar-refractivity contribution in [1.29, 1.82) is 0 Å². The number of amides is 1. The highest BCUT2D eigenvalue weighted by atomic mass is 35.5. The van der Waals surface area contributed by atoms with Crippen molar-refractivity contribution < 1.29 is 9.53 Å². The monoisotopic (exact) mass is 176 g/mol. The standard InChI is InChI=1S/C6H9ClN2O2/c1-3-11-6(10)9-8-5(2)4-7/h4H,3H2,1-2H3. The van der Waals surface area contributed by atoms with Gasteiger partial charge in [-0.15, -0.1) is 5.11 Å². The summed E-state index contributed by atoms with van der Waals surface area (Å²) in [6, 6.07) is 0. The average Bonchev–Trinajstić information content (AvgIpc) is 2.01. The van der Waals surface area contributed by atoms with Gasteiger partial charge >= 0.3 is 6.09 Å². The van der Waals surface area contributed by atoms with E-state index in [0.29, 0.717) is 12.3 Å². The van der Waals surface area contributed by atoms with Gasteiger partial charge in [-0.05, 0) is 13.8 Å². The smallest absolute Gasteiger partial charge is 0.447 e. The molecule has 0 N–H and O–H groups in total. The van der Waals surface area contributed by atoms with Crippen molar-refractivity contribution in [3.8, 4) is 0 Å². The number of hydrogen-bond acceptors (Lipinski definition) is 3.